The van der Waals surface area contributed by atoms with Crippen molar-refractivity contribution < 1.29 is 4.84 Å². The van der Waals surface area contributed by atoms with Crippen LogP contribution in [0.2, 0.25) is 0 Å². The van der Waals surface area contributed by atoms with Crippen LogP contribution in [0.1, 0.15) is 12.0 Å². The highest BCUT2D eigenvalue weighted by Crippen LogP contribution is 2.18. The summed E-state index contributed by atoms with van der Waals surface area (Å²) in [6, 6.07) is 8.39. The van der Waals surface area contributed by atoms with Gasteiger partial charge in [-0.15, -0.1) is 0 Å². The molecule has 0 atom stereocenters. The molecule has 3 heteroatoms. The highest BCUT2D eigenvalue weighted by Gasteiger charge is 2.01. The molecule has 0 radical (unpaired) electrons. The van der Waals surface area contributed by atoms with E-state index in [-0.39, 0.29) is 0 Å². The van der Waals surface area contributed by atoms with E-state index in [0.717, 1.165) is 19.4 Å². The maximum absolute atomic E-state index is 4.79. The molecule has 15 heavy (non-hydrogen) atoms. The van der Waals surface area contributed by atoms with Gasteiger partial charge in [0.15, 0.2) is 0 Å². The third-order valence-electron chi connectivity index (χ3n) is 2.54. The van der Waals surface area contributed by atoms with E-state index in [1.807, 2.05) is 0 Å². The Balaban J connectivity index is 2.02. The van der Waals surface area contributed by atoms with Gasteiger partial charge in [0.1, 0.15) is 0 Å². The molecule has 0 bridgehead atoms. The monoisotopic (exact) mass is 204 g/mol. The van der Waals surface area contributed by atoms with Gasteiger partial charge >= 0.3 is 0 Å². The van der Waals surface area contributed by atoms with E-state index in [9.17, 15) is 0 Å². The molecule has 0 amide bonds. The van der Waals surface area contributed by atoms with Crippen molar-refractivity contribution in [2.45, 2.75) is 12.8 Å². The summed E-state index contributed by atoms with van der Waals surface area (Å²) in [6.07, 6.45) is 4.24. The summed E-state index contributed by atoms with van der Waals surface area (Å²) in [5.41, 5.74) is 5.44. The van der Waals surface area contributed by atoms with E-state index >= 15 is 0 Å². The van der Waals surface area contributed by atoms with E-state index in [4.69, 9.17) is 4.84 Å². The fourth-order valence-corrected chi connectivity index (χ4v) is 1.79. The number of benzene rings is 1. The van der Waals surface area contributed by atoms with E-state index in [1.54, 1.807) is 7.11 Å². The van der Waals surface area contributed by atoms with Crippen LogP contribution in [0.15, 0.2) is 30.5 Å². The number of aromatic amines is 1. The SMILES string of the molecule is CONCCCc1c[nH]c2ccccc12. The van der Waals surface area contributed by atoms with Crippen molar-refractivity contribution in [3.05, 3.63) is 36.0 Å². The third kappa shape index (κ3) is 2.37. The Morgan fingerprint density at radius 3 is 3.07 bits per heavy atom. The first-order valence-electron chi connectivity index (χ1n) is 5.22. The Morgan fingerprint density at radius 1 is 1.33 bits per heavy atom. The van der Waals surface area contributed by atoms with Gasteiger partial charge in [0.25, 0.3) is 0 Å². The van der Waals surface area contributed by atoms with E-state index < -0.39 is 0 Å². The molecule has 1 heterocycles. The van der Waals surface area contributed by atoms with Crippen LogP contribution < -0.4 is 5.48 Å². The zero-order chi connectivity index (χ0) is 10.5. The quantitative estimate of drug-likeness (QED) is 0.579. The molecule has 3 nitrogen and oxygen atoms in total. The van der Waals surface area contributed by atoms with Crippen molar-refractivity contribution in [3.63, 3.8) is 0 Å². The minimum Gasteiger partial charge on any atom is -0.361 e. The lowest BCUT2D eigenvalue weighted by molar-refractivity contribution is 0.0911. The van der Waals surface area contributed by atoms with Crippen molar-refractivity contribution in [1.29, 1.82) is 0 Å². The second-order valence-corrected chi connectivity index (χ2v) is 3.56. The van der Waals surface area contributed by atoms with Crippen molar-refractivity contribution in [3.8, 4) is 0 Å². The standard InChI is InChI=1S/C12H16N2O/c1-15-14-8-4-5-10-9-13-12-7-3-2-6-11(10)12/h2-3,6-7,9,13-14H,4-5,8H2,1H3. The van der Waals surface area contributed by atoms with E-state index in [0.29, 0.717) is 0 Å². The molecule has 2 N–H and O–H groups in total. The number of fused-ring (bicyclic) bond motifs is 1. The number of para-hydroxylation sites is 1. The molecule has 1 aromatic heterocycles. The molecule has 0 saturated heterocycles. The van der Waals surface area contributed by atoms with Crippen molar-refractivity contribution in [2.24, 2.45) is 0 Å². The van der Waals surface area contributed by atoms with Gasteiger partial charge in [0.2, 0.25) is 0 Å². The lowest BCUT2D eigenvalue weighted by Crippen LogP contribution is -2.13. The number of nitrogens with one attached hydrogen (secondary N) is 2. The van der Waals surface area contributed by atoms with Crippen LogP contribution in [-0.4, -0.2) is 18.6 Å². The minimum atomic E-state index is 0.885. The van der Waals surface area contributed by atoms with Gasteiger partial charge in [0.05, 0.1) is 7.11 Å². The molecule has 2 aromatic rings. The molecule has 2 rings (SSSR count). The molecule has 0 aliphatic rings. The number of aromatic nitrogens is 1. The van der Waals surface area contributed by atoms with Crippen LogP contribution in [0, 0.1) is 0 Å². The van der Waals surface area contributed by atoms with Gasteiger partial charge in [-0.2, -0.15) is 0 Å². The highest BCUT2D eigenvalue weighted by molar-refractivity contribution is 5.82. The van der Waals surface area contributed by atoms with Crippen LogP contribution in [0.25, 0.3) is 10.9 Å². The maximum atomic E-state index is 4.79. The molecule has 0 saturated carbocycles. The first-order valence-corrected chi connectivity index (χ1v) is 5.22. The number of aryl methyl sites for hydroxylation is 1. The first-order chi connectivity index (χ1) is 7.42. The number of rotatable bonds is 5. The first kappa shape index (κ1) is 10.2. The van der Waals surface area contributed by atoms with Gasteiger partial charge in [-0.25, -0.2) is 5.48 Å². The van der Waals surface area contributed by atoms with Crippen molar-refractivity contribution >= 4 is 10.9 Å². The Labute approximate surface area is 89.4 Å². The smallest absolute Gasteiger partial charge is 0.0572 e. The molecule has 0 fully saturated rings. The summed E-state index contributed by atoms with van der Waals surface area (Å²) in [4.78, 5) is 8.07. The van der Waals surface area contributed by atoms with Crippen LogP contribution in [0.3, 0.4) is 0 Å². The molecule has 0 aliphatic carbocycles. The summed E-state index contributed by atoms with van der Waals surface area (Å²) in [5, 5.41) is 1.33. The van der Waals surface area contributed by atoms with E-state index in [2.05, 4.69) is 40.9 Å². The van der Waals surface area contributed by atoms with Crippen molar-refractivity contribution in [1.82, 2.24) is 10.5 Å². The molecule has 0 unspecified atom stereocenters. The Bertz CT molecular complexity index is 422. The van der Waals surface area contributed by atoms with Gasteiger partial charge in [-0.05, 0) is 24.5 Å². The zero-order valence-electron chi connectivity index (χ0n) is 8.92. The molecule has 0 aliphatic heterocycles. The number of hydrogen-bond donors (Lipinski definition) is 2. The molecular weight excluding hydrogens is 188 g/mol. The van der Waals surface area contributed by atoms with Crippen molar-refractivity contribution in [2.75, 3.05) is 13.7 Å². The second kappa shape index (κ2) is 4.96. The van der Waals surface area contributed by atoms with Crippen LogP contribution in [0.4, 0.5) is 0 Å². The lowest BCUT2D eigenvalue weighted by atomic mass is 10.1. The average Bonchev–Trinajstić information content (AvgIpc) is 2.68. The molecule has 0 spiro atoms. The Hall–Kier alpha value is -1.32. The third-order valence-corrected chi connectivity index (χ3v) is 2.54. The molecule has 80 valence electrons. The van der Waals surface area contributed by atoms with Crippen LogP contribution in [-0.2, 0) is 11.3 Å². The maximum Gasteiger partial charge on any atom is 0.0572 e. The van der Waals surface area contributed by atoms with Gasteiger partial charge in [0, 0.05) is 23.6 Å². The summed E-state index contributed by atoms with van der Waals surface area (Å²) >= 11 is 0. The van der Waals surface area contributed by atoms with E-state index in [1.165, 1.54) is 16.5 Å². The van der Waals surface area contributed by atoms with Crippen LogP contribution >= 0.6 is 0 Å². The fourth-order valence-electron chi connectivity index (χ4n) is 1.79. The summed E-state index contributed by atoms with van der Waals surface area (Å²) < 4.78 is 0. The number of hydrogen-bond acceptors (Lipinski definition) is 2. The molecular formula is C12H16N2O. The topological polar surface area (TPSA) is 37.0 Å². The predicted octanol–water partition coefficient (Wildman–Crippen LogP) is 2.25. The average molecular weight is 204 g/mol. The Morgan fingerprint density at radius 2 is 2.20 bits per heavy atom. The molecule has 1 aromatic carbocycles. The predicted molar refractivity (Wildman–Crippen MR) is 61.6 cm³/mol. The zero-order valence-corrected chi connectivity index (χ0v) is 8.92. The highest BCUT2D eigenvalue weighted by atomic mass is 16.6. The second-order valence-electron chi connectivity index (χ2n) is 3.56. The summed E-state index contributed by atoms with van der Waals surface area (Å²) in [6.45, 7) is 0.885. The summed E-state index contributed by atoms with van der Waals surface area (Å²) in [7, 11) is 1.64. The summed E-state index contributed by atoms with van der Waals surface area (Å²) in [5.74, 6) is 0. The number of H-pyrrole nitrogens is 1. The lowest BCUT2D eigenvalue weighted by Gasteiger charge is -2.00. The van der Waals surface area contributed by atoms with Gasteiger partial charge in [-0.1, -0.05) is 18.2 Å². The largest absolute Gasteiger partial charge is 0.361 e. The number of hydroxylamine groups is 1. The Kier molecular flexibility index (Phi) is 3.37. The van der Waals surface area contributed by atoms with Crippen LogP contribution in [0.5, 0.6) is 0 Å². The van der Waals surface area contributed by atoms with Gasteiger partial charge < -0.3 is 9.82 Å². The minimum absolute atomic E-state index is 0.885. The fraction of sp³-hybridized carbons (Fsp3) is 0.333. The normalized spacial score (nSPS) is 11.0. The van der Waals surface area contributed by atoms with Gasteiger partial charge in [-0.3, -0.25) is 0 Å².